The average Bonchev–Trinajstić information content (AvgIpc) is 2.97. The van der Waals surface area contributed by atoms with Gasteiger partial charge in [-0.15, -0.1) is 10.2 Å². The second-order valence-corrected chi connectivity index (χ2v) is 5.13. The van der Waals surface area contributed by atoms with Crippen molar-refractivity contribution in [1.82, 2.24) is 24.3 Å². The van der Waals surface area contributed by atoms with Crippen molar-refractivity contribution < 1.29 is 4.39 Å². The molecule has 0 saturated heterocycles. The number of hydrogen-bond donors (Lipinski definition) is 1. The topological polar surface area (TPSA) is 51.4 Å². The van der Waals surface area contributed by atoms with Crippen LogP contribution in [0.2, 0.25) is 5.02 Å². The number of imidazole rings is 1. The zero-order chi connectivity index (χ0) is 14.3. The summed E-state index contributed by atoms with van der Waals surface area (Å²) in [6.45, 7) is 3.23. The lowest BCUT2D eigenvalue weighted by atomic mass is 10.3. The van der Waals surface area contributed by atoms with Gasteiger partial charge in [0.15, 0.2) is 10.6 Å². The third kappa shape index (κ3) is 2.12. The number of aromatic amines is 1. The molecule has 0 unspecified atom stereocenters. The SMILES string of the molecule is CCn1cnnc1Cn1c(=S)[nH]c2cc(F)c(Cl)cc21. The van der Waals surface area contributed by atoms with E-state index in [1.807, 2.05) is 16.1 Å². The number of H-pyrrole nitrogens is 1. The Morgan fingerprint density at radius 1 is 1.45 bits per heavy atom. The fourth-order valence-electron chi connectivity index (χ4n) is 2.12. The first kappa shape index (κ1) is 13.3. The molecule has 1 N–H and O–H groups in total. The largest absolute Gasteiger partial charge is 0.330 e. The Bertz CT molecular complexity index is 834. The summed E-state index contributed by atoms with van der Waals surface area (Å²) in [6, 6.07) is 2.90. The summed E-state index contributed by atoms with van der Waals surface area (Å²) in [6.07, 6.45) is 1.67. The van der Waals surface area contributed by atoms with E-state index in [2.05, 4.69) is 15.2 Å². The van der Waals surface area contributed by atoms with E-state index in [9.17, 15) is 4.39 Å². The standard InChI is InChI=1S/C12H11ClFN5S/c1-2-18-6-15-17-11(18)5-19-10-3-7(13)8(14)4-9(10)16-12(19)20/h3-4,6H,2,5H2,1H3,(H,16,20). The van der Waals surface area contributed by atoms with E-state index in [-0.39, 0.29) is 5.02 Å². The third-order valence-electron chi connectivity index (χ3n) is 3.15. The number of halogens is 2. The van der Waals surface area contributed by atoms with Gasteiger partial charge in [0, 0.05) is 12.6 Å². The van der Waals surface area contributed by atoms with E-state index in [1.54, 1.807) is 12.4 Å². The molecular weight excluding hydrogens is 301 g/mol. The molecule has 2 aromatic heterocycles. The van der Waals surface area contributed by atoms with Gasteiger partial charge in [-0.25, -0.2) is 4.39 Å². The van der Waals surface area contributed by atoms with Crippen molar-refractivity contribution in [3.63, 3.8) is 0 Å². The fourth-order valence-corrected chi connectivity index (χ4v) is 2.55. The zero-order valence-corrected chi connectivity index (χ0v) is 12.2. The summed E-state index contributed by atoms with van der Waals surface area (Å²) < 4.78 is 17.7. The quantitative estimate of drug-likeness (QED) is 0.756. The van der Waals surface area contributed by atoms with Crippen molar-refractivity contribution in [1.29, 1.82) is 0 Å². The fraction of sp³-hybridized carbons (Fsp3) is 0.250. The van der Waals surface area contributed by atoms with E-state index < -0.39 is 5.82 Å². The molecule has 0 atom stereocenters. The molecule has 0 spiro atoms. The molecule has 20 heavy (non-hydrogen) atoms. The van der Waals surface area contributed by atoms with Gasteiger partial charge in [-0.2, -0.15) is 0 Å². The lowest BCUT2D eigenvalue weighted by Crippen LogP contribution is -2.07. The minimum atomic E-state index is -0.473. The van der Waals surface area contributed by atoms with Gasteiger partial charge in [0.1, 0.15) is 12.1 Å². The number of aryl methyl sites for hydroxylation is 1. The van der Waals surface area contributed by atoms with Crippen LogP contribution in [0.3, 0.4) is 0 Å². The maximum atomic E-state index is 13.5. The number of fused-ring (bicyclic) bond motifs is 1. The summed E-state index contributed by atoms with van der Waals surface area (Å²) >= 11 is 11.1. The summed E-state index contributed by atoms with van der Waals surface area (Å²) in [5.74, 6) is 0.309. The van der Waals surface area contributed by atoms with E-state index in [0.717, 1.165) is 17.9 Å². The zero-order valence-electron chi connectivity index (χ0n) is 10.6. The Kier molecular flexibility index (Phi) is 3.31. The molecule has 104 valence electrons. The van der Waals surface area contributed by atoms with Gasteiger partial charge in [-0.05, 0) is 25.2 Å². The molecule has 5 nitrogen and oxygen atoms in total. The number of nitrogens with one attached hydrogen (secondary N) is 1. The Morgan fingerprint density at radius 3 is 3.00 bits per heavy atom. The van der Waals surface area contributed by atoms with Crippen LogP contribution < -0.4 is 0 Å². The highest BCUT2D eigenvalue weighted by molar-refractivity contribution is 7.71. The van der Waals surface area contributed by atoms with E-state index >= 15 is 0 Å². The van der Waals surface area contributed by atoms with Crippen LogP contribution in [-0.2, 0) is 13.1 Å². The second-order valence-electron chi connectivity index (χ2n) is 4.33. The summed E-state index contributed by atoms with van der Waals surface area (Å²) in [5.41, 5.74) is 1.35. The molecule has 0 fully saturated rings. The highest BCUT2D eigenvalue weighted by Crippen LogP contribution is 2.23. The third-order valence-corrected chi connectivity index (χ3v) is 3.76. The molecule has 0 amide bonds. The normalized spacial score (nSPS) is 11.3. The van der Waals surface area contributed by atoms with Gasteiger partial charge in [0.2, 0.25) is 0 Å². The Hall–Kier alpha value is -1.73. The van der Waals surface area contributed by atoms with Crippen LogP contribution >= 0.6 is 23.8 Å². The van der Waals surface area contributed by atoms with Crippen molar-refractivity contribution in [2.24, 2.45) is 0 Å². The summed E-state index contributed by atoms with van der Waals surface area (Å²) in [7, 11) is 0. The van der Waals surface area contributed by atoms with E-state index in [4.69, 9.17) is 23.8 Å². The molecule has 0 radical (unpaired) electrons. The molecule has 3 aromatic rings. The maximum Gasteiger partial charge on any atom is 0.178 e. The number of benzene rings is 1. The highest BCUT2D eigenvalue weighted by Gasteiger charge is 2.11. The minimum Gasteiger partial charge on any atom is -0.330 e. The Balaban J connectivity index is 2.14. The number of aromatic nitrogens is 5. The van der Waals surface area contributed by atoms with Gasteiger partial charge >= 0.3 is 0 Å². The lowest BCUT2D eigenvalue weighted by molar-refractivity contribution is 0.629. The predicted octanol–water partition coefficient (Wildman–Crippen LogP) is 3.15. The molecule has 0 aliphatic rings. The van der Waals surface area contributed by atoms with Crippen LogP contribution in [0.4, 0.5) is 4.39 Å². The Labute approximate surface area is 124 Å². The number of hydrogen-bond acceptors (Lipinski definition) is 3. The molecule has 0 bridgehead atoms. The highest BCUT2D eigenvalue weighted by atomic mass is 35.5. The van der Waals surface area contributed by atoms with Gasteiger partial charge in [0.25, 0.3) is 0 Å². The van der Waals surface area contributed by atoms with Crippen LogP contribution in [0.1, 0.15) is 12.7 Å². The molecular formula is C12H11ClFN5S. The molecule has 3 rings (SSSR count). The first-order valence-corrected chi connectivity index (χ1v) is 6.83. The van der Waals surface area contributed by atoms with Crippen molar-refractivity contribution >= 4 is 34.9 Å². The molecule has 2 heterocycles. The molecule has 0 aliphatic heterocycles. The van der Waals surface area contributed by atoms with Crippen molar-refractivity contribution in [2.75, 3.05) is 0 Å². The van der Waals surface area contributed by atoms with Crippen LogP contribution in [0, 0.1) is 10.6 Å². The second kappa shape index (κ2) is 4.99. The maximum absolute atomic E-state index is 13.5. The van der Waals surface area contributed by atoms with Crippen LogP contribution in [0.15, 0.2) is 18.5 Å². The summed E-state index contributed by atoms with van der Waals surface area (Å²) in [4.78, 5) is 2.97. The molecule has 0 aliphatic carbocycles. The average molecular weight is 312 g/mol. The predicted molar refractivity (Wildman–Crippen MR) is 76.9 cm³/mol. The van der Waals surface area contributed by atoms with Gasteiger partial charge in [-0.1, -0.05) is 11.6 Å². The van der Waals surface area contributed by atoms with Crippen LogP contribution in [-0.4, -0.2) is 24.3 Å². The first-order valence-electron chi connectivity index (χ1n) is 6.04. The van der Waals surface area contributed by atoms with Crippen molar-refractivity contribution in [3.8, 4) is 0 Å². The van der Waals surface area contributed by atoms with Gasteiger partial charge in [-0.3, -0.25) is 0 Å². The van der Waals surface area contributed by atoms with Crippen LogP contribution in [0.5, 0.6) is 0 Å². The van der Waals surface area contributed by atoms with Crippen LogP contribution in [0.25, 0.3) is 11.0 Å². The smallest absolute Gasteiger partial charge is 0.178 e. The van der Waals surface area contributed by atoms with Gasteiger partial charge < -0.3 is 14.1 Å². The molecule has 1 aromatic carbocycles. The lowest BCUT2D eigenvalue weighted by Gasteiger charge is -2.06. The number of nitrogens with zero attached hydrogens (tertiary/aromatic N) is 4. The van der Waals surface area contributed by atoms with Crippen molar-refractivity contribution in [2.45, 2.75) is 20.0 Å². The van der Waals surface area contributed by atoms with E-state index in [0.29, 0.717) is 16.8 Å². The molecule has 0 saturated carbocycles. The Morgan fingerprint density at radius 2 is 2.25 bits per heavy atom. The van der Waals surface area contributed by atoms with E-state index in [1.165, 1.54) is 6.07 Å². The first-order chi connectivity index (χ1) is 9.60. The minimum absolute atomic E-state index is 0.0669. The van der Waals surface area contributed by atoms with Gasteiger partial charge in [0.05, 0.1) is 22.6 Å². The summed E-state index contributed by atoms with van der Waals surface area (Å²) in [5, 5.41) is 8.03. The monoisotopic (exact) mass is 311 g/mol. The van der Waals surface area contributed by atoms with Crippen molar-refractivity contribution in [3.05, 3.63) is 39.9 Å². The number of rotatable bonds is 3. The molecule has 8 heteroatoms.